The van der Waals surface area contributed by atoms with Gasteiger partial charge >= 0.3 is 0 Å². The van der Waals surface area contributed by atoms with Crippen LogP contribution in [0.15, 0.2) is 0 Å². The van der Waals surface area contributed by atoms with Crippen molar-refractivity contribution in [1.82, 2.24) is 21.3 Å². The Morgan fingerprint density at radius 1 is 0.688 bits per heavy atom. The second kappa shape index (κ2) is 6.78. The maximum absolute atomic E-state index is 11.2. The van der Waals surface area contributed by atoms with Crippen molar-refractivity contribution in [2.45, 2.75) is 6.42 Å². The Labute approximate surface area is 93.3 Å². The van der Waals surface area contributed by atoms with E-state index in [1.54, 1.807) is 0 Å². The van der Waals surface area contributed by atoms with Crippen molar-refractivity contribution in [2.24, 2.45) is 0 Å². The zero-order valence-corrected chi connectivity index (χ0v) is 8.97. The Balaban J connectivity index is 2.39. The fourth-order valence-electron chi connectivity index (χ4n) is 1.20. The summed E-state index contributed by atoms with van der Waals surface area (Å²) >= 11 is 0. The molecule has 7 heteroatoms. The minimum Gasteiger partial charge on any atom is -0.355 e. The number of rotatable bonds is 0. The molecule has 1 fully saturated rings. The first-order valence-corrected chi connectivity index (χ1v) is 5.19. The molecule has 0 aromatic carbocycles. The van der Waals surface area contributed by atoms with Crippen molar-refractivity contribution in [3.8, 4) is 0 Å². The molecule has 0 saturated carbocycles. The molecule has 16 heavy (non-hydrogen) atoms. The van der Waals surface area contributed by atoms with Crippen molar-refractivity contribution in [1.29, 1.82) is 0 Å². The van der Waals surface area contributed by atoms with Gasteiger partial charge in [0.15, 0.2) is 0 Å². The van der Waals surface area contributed by atoms with Gasteiger partial charge in [-0.15, -0.1) is 0 Å². The zero-order valence-electron chi connectivity index (χ0n) is 8.97. The maximum Gasteiger partial charge on any atom is 0.239 e. The smallest absolute Gasteiger partial charge is 0.239 e. The number of hydrogen-bond acceptors (Lipinski definition) is 4. The Morgan fingerprint density at radius 3 is 2.19 bits per heavy atom. The highest BCUT2D eigenvalue weighted by Crippen LogP contribution is 1.78. The minimum atomic E-state index is -0.291. The van der Waals surface area contributed by atoms with Crippen LogP contribution in [0, 0.1) is 0 Å². The van der Waals surface area contributed by atoms with Crippen LogP contribution in [-0.4, -0.2) is 50.4 Å². The predicted molar refractivity (Wildman–Crippen MR) is 56.5 cm³/mol. The molecule has 3 amide bonds. The van der Waals surface area contributed by atoms with E-state index in [0.717, 1.165) is 0 Å². The summed E-state index contributed by atoms with van der Waals surface area (Å²) in [5.74, 6) is -0.637. The van der Waals surface area contributed by atoms with Crippen LogP contribution in [0.1, 0.15) is 6.42 Å². The van der Waals surface area contributed by atoms with Crippen molar-refractivity contribution in [3.05, 3.63) is 0 Å². The largest absolute Gasteiger partial charge is 0.355 e. The summed E-state index contributed by atoms with van der Waals surface area (Å²) in [7, 11) is 0. The Kier molecular flexibility index (Phi) is 5.27. The van der Waals surface area contributed by atoms with Crippen LogP contribution < -0.4 is 21.3 Å². The number of carbonyl (C=O) groups excluding carboxylic acids is 3. The van der Waals surface area contributed by atoms with E-state index in [9.17, 15) is 14.4 Å². The molecule has 7 nitrogen and oxygen atoms in total. The molecule has 0 spiro atoms. The first-order chi connectivity index (χ1) is 7.68. The highest BCUT2D eigenvalue weighted by atomic mass is 16.2. The Bertz CT molecular complexity index is 280. The van der Waals surface area contributed by atoms with Crippen molar-refractivity contribution < 1.29 is 14.4 Å². The minimum absolute atomic E-state index is 0.0534. The lowest BCUT2D eigenvalue weighted by atomic mass is 10.4. The van der Waals surface area contributed by atoms with Gasteiger partial charge in [-0.2, -0.15) is 0 Å². The lowest BCUT2D eigenvalue weighted by molar-refractivity contribution is -0.125. The summed E-state index contributed by atoms with van der Waals surface area (Å²) in [4.78, 5) is 33.5. The third-order valence-corrected chi connectivity index (χ3v) is 2.03. The fourth-order valence-corrected chi connectivity index (χ4v) is 1.20. The average Bonchev–Trinajstić information content (AvgIpc) is 2.26. The molecule has 0 aromatic rings. The molecule has 0 bridgehead atoms. The van der Waals surface area contributed by atoms with Crippen LogP contribution in [0.2, 0.25) is 0 Å². The first kappa shape index (κ1) is 12.4. The van der Waals surface area contributed by atoms with Gasteiger partial charge in [0.05, 0.1) is 13.1 Å². The van der Waals surface area contributed by atoms with Gasteiger partial charge in [0.25, 0.3) is 0 Å². The third-order valence-electron chi connectivity index (χ3n) is 2.03. The van der Waals surface area contributed by atoms with E-state index >= 15 is 0 Å². The van der Waals surface area contributed by atoms with Crippen LogP contribution >= 0.6 is 0 Å². The molecule has 1 saturated heterocycles. The summed E-state index contributed by atoms with van der Waals surface area (Å²) in [5, 5.41) is 10.5. The van der Waals surface area contributed by atoms with Gasteiger partial charge in [-0.3, -0.25) is 14.4 Å². The number of carbonyl (C=O) groups is 3. The maximum atomic E-state index is 11.2. The third kappa shape index (κ3) is 5.30. The molecule has 0 unspecified atom stereocenters. The van der Waals surface area contributed by atoms with Crippen LogP contribution in [-0.2, 0) is 14.4 Å². The van der Waals surface area contributed by atoms with E-state index in [1.165, 1.54) is 0 Å². The molecule has 0 aliphatic carbocycles. The van der Waals surface area contributed by atoms with Gasteiger partial charge in [-0.05, 0) is 0 Å². The SMILES string of the molecule is O=C1CCNC(=O)CNC(=O)CNCCN1. The molecule has 0 atom stereocenters. The second-order valence-electron chi connectivity index (χ2n) is 3.40. The molecule has 1 aliphatic heterocycles. The van der Waals surface area contributed by atoms with Crippen LogP contribution in [0.25, 0.3) is 0 Å². The molecule has 0 radical (unpaired) electrons. The van der Waals surface area contributed by atoms with Crippen LogP contribution in [0.4, 0.5) is 0 Å². The summed E-state index contributed by atoms with van der Waals surface area (Å²) in [6.07, 6.45) is 0.250. The lowest BCUT2D eigenvalue weighted by Gasteiger charge is -2.05. The molecular formula is C9H16N4O3. The number of hydrogen-bond donors (Lipinski definition) is 4. The highest BCUT2D eigenvalue weighted by Gasteiger charge is 2.07. The average molecular weight is 228 g/mol. The highest BCUT2D eigenvalue weighted by molar-refractivity contribution is 5.86. The molecule has 4 N–H and O–H groups in total. The molecular weight excluding hydrogens is 212 g/mol. The Hall–Kier alpha value is -1.63. The summed E-state index contributed by atoms with van der Waals surface area (Å²) in [6, 6.07) is 0. The number of nitrogens with one attached hydrogen (secondary N) is 4. The normalized spacial score (nSPS) is 20.6. The molecule has 0 aromatic heterocycles. The van der Waals surface area contributed by atoms with E-state index in [1.807, 2.05) is 0 Å². The van der Waals surface area contributed by atoms with Gasteiger partial charge in [-0.1, -0.05) is 0 Å². The van der Waals surface area contributed by atoms with Crippen molar-refractivity contribution >= 4 is 17.7 Å². The van der Waals surface area contributed by atoms with Gasteiger partial charge < -0.3 is 21.3 Å². The number of amides is 3. The monoisotopic (exact) mass is 228 g/mol. The first-order valence-electron chi connectivity index (χ1n) is 5.19. The standard InChI is InChI=1S/C9H16N4O3/c14-7-1-2-11-9(16)6-13-8(15)5-10-3-4-12-7/h10H,1-6H2,(H,11,16)(H,12,14)(H,13,15). The molecule has 1 heterocycles. The quantitative estimate of drug-likeness (QED) is 0.363. The van der Waals surface area contributed by atoms with E-state index in [0.29, 0.717) is 13.1 Å². The molecule has 90 valence electrons. The van der Waals surface area contributed by atoms with Gasteiger partial charge in [0.1, 0.15) is 0 Å². The van der Waals surface area contributed by atoms with Gasteiger partial charge in [0.2, 0.25) is 17.7 Å². The summed E-state index contributed by atoms with van der Waals surface area (Å²) in [6.45, 7) is 1.37. The van der Waals surface area contributed by atoms with E-state index in [2.05, 4.69) is 21.3 Å². The van der Waals surface area contributed by atoms with E-state index < -0.39 is 0 Å². The van der Waals surface area contributed by atoms with Crippen LogP contribution in [0.5, 0.6) is 0 Å². The summed E-state index contributed by atoms with van der Waals surface area (Å²) < 4.78 is 0. The molecule has 1 rings (SSSR count). The topological polar surface area (TPSA) is 99.3 Å². The zero-order chi connectivity index (χ0) is 11.8. The van der Waals surface area contributed by atoms with Crippen molar-refractivity contribution in [2.75, 3.05) is 32.7 Å². The summed E-state index contributed by atoms with van der Waals surface area (Å²) in [5.41, 5.74) is 0. The fraction of sp³-hybridized carbons (Fsp3) is 0.667. The predicted octanol–water partition coefficient (Wildman–Crippen LogP) is -2.67. The van der Waals surface area contributed by atoms with E-state index in [4.69, 9.17) is 0 Å². The lowest BCUT2D eigenvalue weighted by Crippen LogP contribution is -2.41. The van der Waals surface area contributed by atoms with Crippen LogP contribution in [0.3, 0.4) is 0 Å². The van der Waals surface area contributed by atoms with E-state index in [-0.39, 0.29) is 43.8 Å². The van der Waals surface area contributed by atoms with Crippen molar-refractivity contribution in [3.63, 3.8) is 0 Å². The van der Waals surface area contributed by atoms with Gasteiger partial charge in [0, 0.05) is 26.1 Å². The second-order valence-corrected chi connectivity index (χ2v) is 3.40. The van der Waals surface area contributed by atoms with Gasteiger partial charge in [-0.25, -0.2) is 0 Å². The molecule has 1 aliphatic rings. The Morgan fingerprint density at radius 2 is 1.38 bits per heavy atom.